The van der Waals surface area contributed by atoms with Crippen LogP contribution in [0.1, 0.15) is 0 Å². The van der Waals surface area contributed by atoms with Gasteiger partial charge in [0.05, 0.1) is 0 Å². The van der Waals surface area contributed by atoms with Crippen molar-refractivity contribution in [2.45, 2.75) is 0 Å². The molecule has 0 aliphatic rings. The van der Waals surface area contributed by atoms with E-state index in [4.69, 9.17) is 5.21 Å². The summed E-state index contributed by atoms with van der Waals surface area (Å²) in [6.07, 6.45) is 0. The van der Waals surface area contributed by atoms with Crippen molar-refractivity contribution in [1.29, 1.82) is 0 Å². The molecule has 0 atom stereocenters. The van der Waals surface area contributed by atoms with Gasteiger partial charge in [0.25, 0.3) is 0 Å². The van der Waals surface area contributed by atoms with Gasteiger partial charge in [-0.2, -0.15) is 0 Å². The molecule has 0 aliphatic carbocycles. The van der Waals surface area contributed by atoms with Gasteiger partial charge in [-0.25, -0.2) is 0 Å². The molecule has 0 unspecified atom stereocenters. The molecule has 0 aromatic heterocycles. The van der Waals surface area contributed by atoms with Crippen LogP contribution >= 0.6 is 11.5 Å². The van der Waals surface area contributed by atoms with Crippen molar-refractivity contribution < 1.29 is 5.21 Å². The first-order valence-electron chi connectivity index (χ1n) is 0.676. The predicted molar refractivity (Wildman–Crippen MR) is 15.8 cm³/mol. The van der Waals surface area contributed by atoms with Gasteiger partial charge in [-0.15, -0.1) is 0 Å². The summed E-state index contributed by atoms with van der Waals surface area (Å²) in [5.41, 5.74) is 0. The summed E-state index contributed by atoms with van der Waals surface area (Å²) in [7, 11) is 0. The van der Waals surface area contributed by atoms with Crippen molar-refractivity contribution in [1.82, 2.24) is 0 Å². The van der Waals surface area contributed by atoms with Gasteiger partial charge in [-0.1, -0.05) is 0 Å². The van der Waals surface area contributed by atoms with Gasteiger partial charge >= 0.3 is 28.2 Å². The first kappa shape index (κ1) is 3.95. The maximum absolute atomic E-state index is 7.31. The van der Waals surface area contributed by atoms with E-state index in [-0.39, 0.29) is 0 Å². The Hall–Kier alpha value is -0.0451. The second-order valence-electron chi connectivity index (χ2n) is 0.213. The molecule has 22 valence electrons. The van der Waals surface area contributed by atoms with Crippen molar-refractivity contribution in [2.75, 3.05) is 0 Å². The minimum absolute atomic E-state index is 0.778. The van der Waals surface area contributed by atoms with Crippen LogP contribution in [0, 0.1) is 0 Å². The van der Waals surface area contributed by atoms with E-state index in [1.165, 1.54) is 0 Å². The molecule has 0 spiro atoms. The molecule has 0 aromatic rings. The molecule has 1 N–H and O–H groups in total. The molecule has 4 heavy (non-hydrogen) atoms. The van der Waals surface area contributed by atoms with Gasteiger partial charge in [0.1, 0.15) is 0 Å². The van der Waals surface area contributed by atoms with Crippen LogP contribution in [0.5, 0.6) is 0 Å². The molecule has 0 saturated carbocycles. The average Bonchev–Trinajstić information content (AvgIpc) is 1.37. The zero-order valence-corrected chi connectivity index (χ0v) is 2.61. The molecule has 0 amide bonds. The zero-order valence-electron chi connectivity index (χ0n) is 1.85. The number of hydrogen-bond acceptors (Lipinski definition) is 2. The summed E-state index contributed by atoms with van der Waals surface area (Å²) in [6.45, 7) is 0.778. The summed E-state index contributed by atoms with van der Waals surface area (Å²) in [6, 6.07) is 0. The topological polar surface area (TPSA) is 32.6 Å². The van der Waals surface area contributed by atoms with E-state index in [1.807, 2.05) is 0 Å². The maximum atomic E-state index is 7.31. The van der Waals surface area contributed by atoms with Crippen molar-refractivity contribution in [3.05, 3.63) is 0 Å². The Morgan fingerprint density at radius 1 is 2.00 bits per heavy atom. The van der Waals surface area contributed by atoms with E-state index in [2.05, 4.69) is 16.5 Å². The second-order valence-corrected chi connectivity index (χ2v) is 0.408. The molecule has 4 heteroatoms. The fraction of sp³-hybridized carbons (Fsp3) is 0. The van der Waals surface area contributed by atoms with E-state index in [0.29, 0.717) is 0 Å². The van der Waals surface area contributed by atoms with Crippen LogP contribution in [-0.4, -0.2) is 11.7 Å². The van der Waals surface area contributed by atoms with E-state index >= 15 is 0 Å². The van der Waals surface area contributed by atoms with Crippen LogP contribution in [-0.2, 0) is 0 Å². The fourth-order valence-electron chi connectivity index (χ4n) is 0. The standard InChI is InChI=1S/BClHNO/c2-1-3-4/h4H. The van der Waals surface area contributed by atoms with Crippen LogP contribution in [0.2, 0.25) is 0 Å². The Balaban J connectivity index is 2.55. The number of rotatable bonds is 0. The van der Waals surface area contributed by atoms with Gasteiger partial charge < -0.3 is 0 Å². The molecular formula is HBClNO. The molecule has 0 fully saturated rings. The quantitative estimate of drug-likeness (QED) is 0.330. The molecule has 0 aromatic carbocycles. The van der Waals surface area contributed by atoms with Crippen molar-refractivity contribution in [3.8, 4) is 0 Å². The second kappa shape index (κ2) is 2.95. The van der Waals surface area contributed by atoms with Crippen LogP contribution < -0.4 is 0 Å². The minimum atomic E-state index is 0.778. The Bertz CT molecular complexity index is 23.2. The Kier molecular flexibility index (Phi) is 2.92. The molecular weight excluding hydrogens is 76.3 g/mol. The fourth-order valence-corrected chi connectivity index (χ4v) is 0. The van der Waals surface area contributed by atoms with Crippen molar-refractivity contribution >= 4 is 17.9 Å². The van der Waals surface area contributed by atoms with Crippen LogP contribution in [0.4, 0.5) is 0 Å². The predicted octanol–water partition coefficient (Wildman–Crippen LogP) is 0.417. The van der Waals surface area contributed by atoms with Crippen molar-refractivity contribution in [2.24, 2.45) is 5.06 Å². The summed E-state index contributed by atoms with van der Waals surface area (Å²) >= 11 is 4.64. The van der Waals surface area contributed by atoms with Gasteiger partial charge in [-0.3, -0.25) is 0 Å². The number of nitrogens with zero attached hydrogens (tertiary/aromatic N) is 1. The van der Waals surface area contributed by atoms with E-state index in [0.717, 1.165) is 6.49 Å². The monoisotopic (exact) mass is 77.0 g/mol. The average molecular weight is 77.3 g/mol. The van der Waals surface area contributed by atoms with Crippen LogP contribution in [0.15, 0.2) is 5.06 Å². The first-order valence-corrected chi connectivity index (χ1v) is 1.11. The summed E-state index contributed by atoms with van der Waals surface area (Å²) in [4.78, 5) is 0. The van der Waals surface area contributed by atoms with Gasteiger partial charge in [-0.05, 0) is 0 Å². The van der Waals surface area contributed by atoms with E-state index < -0.39 is 0 Å². The molecule has 0 saturated heterocycles. The normalized spacial score (nSPS) is 7.25. The number of halogens is 1. The zero-order chi connectivity index (χ0) is 3.41. The summed E-state index contributed by atoms with van der Waals surface area (Å²) < 4.78 is 0. The Morgan fingerprint density at radius 2 is 2.25 bits per heavy atom. The molecule has 2 nitrogen and oxygen atoms in total. The third-order valence-corrected chi connectivity index (χ3v) is 0.131. The van der Waals surface area contributed by atoms with Gasteiger partial charge in [0, 0.05) is 0 Å². The molecule has 0 bridgehead atoms. The van der Waals surface area contributed by atoms with E-state index in [1.54, 1.807) is 0 Å². The summed E-state index contributed by atoms with van der Waals surface area (Å²) in [5, 5.41) is 9.69. The first-order chi connectivity index (χ1) is 1.91. The van der Waals surface area contributed by atoms with Gasteiger partial charge in [0.15, 0.2) is 0 Å². The van der Waals surface area contributed by atoms with Gasteiger partial charge in [0.2, 0.25) is 0 Å². The third kappa shape index (κ3) is 1.95. The summed E-state index contributed by atoms with van der Waals surface area (Å²) in [5.74, 6) is 0. The van der Waals surface area contributed by atoms with E-state index in [9.17, 15) is 0 Å². The Labute approximate surface area is 29.2 Å². The van der Waals surface area contributed by atoms with Crippen LogP contribution in [0.3, 0.4) is 0 Å². The number of hydrogen-bond donors (Lipinski definition) is 1. The SMILES string of the molecule is ON=BCl. The Morgan fingerprint density at radius 3 is 2.25 bits per heavy atom. The molecule has 0 aliphatic heterocycles. The molecule has 0 rings (SSSR count). The third-order valence-electron chi connectivity index (χ3n) is 0.0436. The molecule has 0 radical (unpaired) electrons. The van der Waals surface area contributed by atoms with Crippen LogP contribution in [0.25, 0.3) is 0 Å². The molecule has 0 heterocycles. The van der Waals surface area contributed by atoms with Crippen molar-refractivity contribution in [3.63, 3.8) is 0 Å².